The predicted octanol–water partition coefficient (Wildman–Crippen LogP) is 1.71. The van der Waals surface area contributed by atoms with Gasteiger partial charge in [-0.2, -0.15) is 5.10 Å². The fourth-order valence-electron chi connectivity index (χ4n) is 1.27. The predicted molar refractivity (Wildman–Crippen MR) is 65.3 cm³/mol. The van der Waals surface area contributed by atoms with Crippen molar-refractivity contribution in [3.05, 3.63) is 47.7 Å². The molecule has 17 heavy (non-hydrogen) atoms. The first-order valence-corrected chi connectivity index (χ1v) is 5.14. The second kappa shape index (κ2) is 4.99. The topological polar surface area (TPSA) is 57.8 Å². The summed E-state index contributed by atoms with van der Waals surface area (Å²) in [6.45, 7) is 1.85. The molecule has 2 rings (SSSR count). The van der Waals surface area contributed by atoms with Crippen LogP contribution in [0.15, 0.2) is 36.5 Å². The molecule has 1 aromatic carbocycles. The van der Waals surface area contributed by atoms with E-state index < -0.39 is 0 Å². The Morgan fingerprint density at radius 1 is 1.35 bits per heavy atom. The van der Waals surface area contributed by atoms with Crippen molar-refractivity contribution >= 4 is 11.7 Å². The molecule has 0 bridgehead atoms. The number of carbonyl (C=O) groups is 1. The minimum atomic E-state index is -0.360. The number of nitrogens with one attached hydrogen (secondary N) is 2. The summed E-state index contributed by atoms with van der Waals surface area (Å²) in [5.41, 5.74) is 1.68. The Morgan fingerprint density at radius 3 is 2.76 bits per heavy atom. The lowest BCUT2D eigenvalue weighted by molar-refractivity contribution is -0.111. The summed E-state index contributed by atoms with van der Waals surface area (Å²) >= 11 is 0. The van der Waals surface area contributed by atoms with E-state index in [-0.39, 0.29) is 5.91 Å². The first-order valence-electron chi connectivity index (χ1n) is 5.14. The maximum Gasteiger partial charge on any atom is 0.301 e. The first kappa shape index (κ1) is 11.0. The Balaban J connectivity index is 2.04. The number of hydrogen-bond acceptors (Lipinski definition) is 2. The third-order valence-electron chi connectivity index (χ3n) is 2.16. The molecule has 4 nitrogen and oxygen atoms in total. The molecule has 2 aromatic rings. The van der Waals surface area contributed by atoms with Gasteiger partial charge in [-0.05, 0) is 19.1 Å². The van der Waals surface area contributed by atoms with Gasteiger partial charge in [0.25, 0.3) is 0 Å². The molecule has 0 aliphatic carbocycles. The molecule has 2 N–H and O–H groups in total. The average molecular weight is 225 g/mol. The van der Waals surface area contributed by atoms with Crippen LogP contribution in [0.2, 0.25) is 0 Å². The minimum Gasteiger partial charge on any atom is -0.300 e. The molecule has 0 unspecified atom stereocenters. The smallest absolute Gasteiger partial charge is 0.300 e. The third kappa shape index (κ3) is 2.95. The van der Waals surface area contributed by atoms with Crippen LogP contribution in [0.5, 0.6) is 0 Å². The van der Waals surface area contributed by atoms with Gasteiger partial charge in [0, 0.05) is 17.0 Å². The van der Waals surface area contributed by atoms with E-state index in [1.54, 1.807) is 6.20 Å². The zero-order valence-corrected chi connectivity index (χ0v) is 9.32. The Kier molecular flexibility index (Phi) is 3.22. The second-order valence-electron chi connectivity index (χ2n) is 3.50. The summed E-state index contributed by atoms with van der Waals surface area (Å²) in [7, 11) is 0. The Hall–Kier alpha value is -2.54. The summed E-state index contributed by atoms with van der Waals surface area (Å²) in [5, 5.41) is 9.12. The van der Waals surface area contributed by atoms with E-state index in [1.165, 1.54) is 0 Å². The number of hydrogen-bond donors (Lipinski definition) is 2. The fourth-order valence-corrected chi connectivity index (χ4v) is 1.27. The standard InChI is InChI=1S/C13H11N3O/c1-10-9-14-16-13(10)15-12(17)8-7-11-5-3-2-4-6-11/h2-6,9H,1H3,(H2,14,15,16,17). The van der Waals surface area contributed by atoms with Crippen LogP contribution in [-0.4, -0.2) is 16.1 Å². The molecule has 0 saturated heterocycles. The zero-order chi connectivity index (χ0) is 12.1. The molecule has 0 spiro atoms. The number of amides is 1. The first-order chi connectivity index (χ1) is 8.25. The maximum absolute atomic E-state index is 11.5. The van der Waals surface area contributed by atoms with E-state index in [4.69, 9.17) is 0 Å². The van der Waals surface area contributed by atoms with Crippen molar-refractivity contribution in [1.82, 2.24) is 10.2 Å². The SMILES string of the molecule is Cc1cn[nH]c1NC(=O)C#Cc1ccccc1. The number of aromatic amines is 1. The molecule has 0 aliphatic heterocycles. The number of aromatic nitrogens is 2. The van der Waals surface area contributed by atoms with Crippen LogP contribution < -0.4 is 5.32 Å². The molecule has 0 saturated carbocycles. The van der Waals surface area contributed by atoms with E-state index >= 15 is 0 Å². The van der Waals surface area contributed by atoms with Gasteiger partial charge in [0.2, 0.25) is 0 Å². The van der Waals surface area contributed by atoms with Crippen LogP contribution in [-0.2, 0) is 4.79 Å². The number of H-pyrrole nitrogens is 1. The van der Waals surface area contributed by atoms with E-state index in [0.717, 1.165) is 11.1 Å². The normalized spacial score (nSPS) is 9.24. The summed E-state index contributed by atoms with van der Waals surface area (Å²) in [4.78, 5) is 11.5. The van der Waals surface area contributed by atoms with Crippen molar-refractivity contribution < 1.29 is 4.79 Å². The number of nitrogens with zero attached hydrogens (tertiary/aromatic N) is 1. The summed E-state index contributed by atoms with van der Waals surface area (Å²) in [6.07, 6.45) is 1.64. The van der Waals surface area contributed by atoms with Crippen molar-refractivity contribution in [1.29, 1.82) is 0 Å². The quantitative estimate of drug-likeness (QED) is 0.726. The van der Waals surface area contributed by atoms with Crippen LogP contribution in [0.25, 0.3) is 0 Å². The Bertz CT molecular complexity index is 575. The van der Waals surface area contributed by atoms with Crippen LogP contribution in [0.4, 0.5) is 5.82 Å². The monoisotopic (exact) mass is 225 g/mol. The summed E-state index contributed by atoms with van der Waals surface area (Å²) in [5.74, 6) is 5.52. The molecule has 0 atom stereocenters. The van der Waals surface area contributed by atoms with Gasteiger partial charge in [-0.25, -0.2) is 0 Å². The number of rotatable bonds is 1. The third-order valence-corrected chi connectivity index (χ3v) is 2.16. The molecular weight excluding hydrogens is 214 g/mol. The van der Waals surface area contributed by atoms with Gasteiger partial charge in [0.15, 0.2) is 0 Å². The highest BCUT2D eigenvalue weighted by Gasteiger charge is 2.02. The Morgan fingerprint density at radius 2 is 2.12 bits per heavy atom. The van der Waals surface area contributed by atoms with Gasteiger partial charge in [-0.3, -0.25) is 15.2 Å². The van der Waals surface area contributed by atoms with Crippen LogP contribution >= 0.6 is 0 Å². The largest absolute Gasteiger partial charge is 0.301 e. The van der Waals surface area contributed by atoms with Gasteiger partial charge in [0.05, 0.1) is 6.20 Å². The molecule has 1 aromatic heterocycles. The lowest BCUT2D eigenvalue weighted by Gasteiger charge is -1.96. The van der Waals surface area contributed by atoms with Crippen molar-refractivity contribution in [2.24, 2.45) is 0 Å². The average Bonchev–Trinajstić information content (AvgIpc) is 2.74. The molecule has 0 radical (unpaired) electrons. The number of benzene rings is 1. The van der Waals surface area contributed by atoms with E-state index in [1.807, 2.05) is 37.3 Å². The molecular formula is C13H11N3O. The van der Waals surface area contributed by atoms with Gasteiger partial charge in [0.1, 0.15) is 5.82 Å². The lowest BCUT2D eigenvalue weighted by Crippen LogP contribution is -2.09. The number of anilines is 1. The summed E-state index contributed by atoms with van der Waals surface area (Å²) < 4.78 is 0. The van der Waals surface area contributed by atoms with E-state index in [0.29, 0.717) is 5.82 Å². The van der Waals surface area contributed by atoms with Crippen molar-refractivity contribution in [3.63, 3.8) is 0 Å². The number of aryl methyl sites for hydroxylation is 1. The molecule has 0 fully saturated rings. The molecule has 4 heteroatoms. The van der Waals surface area contributed by atoms with Crippen LogP contribution in [0.1, 0.15) is 11.1 Å². The van der Waals surface area contributed by atoms with Gasteiger partial charge in [-0.15, -0.1) is 0 Å². The van der Waals surface area contributed by atoms with Crippen molar-refractivity contribution in [2.75, 3.05) is 5.32 Å². The lowest BCUT2D eigenvalue weighted by atomic mass is 10.2. The van der Waals surface area contributed by atoms with Gasteiger partial charge >= 0.3 is 5.91 Å². The van der Waals surface area contributed by atoms with Crippen molar-refractivity contribution in [2.45, 2.75) is 6.92 Å². The molecule has 0 aliphatic rings. The molecule has 84 valence electrons. The van der Waals surface area contributed by atoms with Gasteiger partial charge in [-0.1, -0.05) is 24.1 Å². The minimum absolute atomic E-state index is 0.360. The maximum atomic E-state index is 11.5. The van der Waals surface area contributed by atoms with Crippen LogP contribution in [0, 0.1) is 18.8 Å². The van der Waals surface area contributed by atoms with Crippen molar-refractivity contribution in [3.8, 4) is 11.8 Å². The van der Waals surface area contributed by atoms with Crippen LogP contribution in [0.3, 0.4) is 0 Å². The highest BCUT2D eigenvalue weighted by molar-refractivity contribution is 6.04. The summed E-state index contributed by atoms with van der Waals surface area (Å²) in [6, 6.07) is 9.35. The van der Waals surface area contributed by atoms with E-state index in [9.17, 15) is 4.79 Å². The fraction of sp³-hybridized carbons (Fsp3) is 0.0769. The second-order valence-corrected chi connectivity index (χ2v) is 3.50. The molecule has 1 heterocycles. The van der Waals surface area contributed by atoms with Gasteiger partial charge < -0.3 is 0 Å². The molecule has 1 amide bonds. The Labute approximate surface area is 99.1 Å². The zero-order valence-electron chi connectivity index (χ0n) is 9.32. The van der Waals surface area contributed by atoms with E-state index in [2.05, 4.69) is 27.4 Å². The highest BCUT2D eigenvalue weighted by Crippen LogP contribution is 2.07. The number of carbonyl (C=O) groups excluding carboxylic acids is 1. The highest BCUT2D eigenvalue weighted by atomic mass is 16.1.